The molecule has 1 aliphatic rings. The minimum Gasteiger partial charge on any atom is -0.481 e. The number of carboxylic acid groups (broad SMARTS) is 1. The summed E-state index contributed by atoms with van der Waals surface area (Å²) in [5.74, 6) is -2.30. The maximum Gasteiger partial charge on any atom is 0.306 e. The average Bonchev–Trinajstić information content (AvgIpc) is 3.24. The molecule has 1 aromatic carbocycles. The third-order valence-electron chi connectivity index (χ3n) is 5.59. The lowest BCUT2D eigenvalue weighted by Crippen LogP contribution is -2.31. The normalized spacial score (nSPS) is 16.0. The average molecular weight is 450 g/mol. The molecule has 1 amide bonds. The van der Waals surface area contributed by atoms with Gasteiger partial charge < -0.3 is 9.63 Å². The van der Waals surface area contributed by atoms with Crippen LogP contribution in [0.2, 0.25) is 0 Å². The summed E-state index contributed by atoms with van der Waals surface area (Å²) in [5.41, 5.74) is 0. The Morgan fingerprint density at radius 2 is 1.87 bits per heavy atom. The van der Waals surface area contributed by atoms with Crippen molar-refractivity contribution >= 4 is 21.9 Å². The Labute approximate surface area is 181 Å². The number of nitrogens with zero attached hydrogens (tertiary/aromatic N) is 2. The van der Waals surface area contributed by atoms with E-state index in [4.69, 9.17) is 4.52 Å². The molecule has 1 heterocycles. The van der Waals surface area contributed by atoms with Crippen LogP contribution in [0.3, 0.4) is 0 Å². The molecular weight excluding hydrogens is 422 g/mol. The van der Waals surface area contributed by atoms with Gasteiger partial charge in [-0.15, -0.1) is 0 Å². The van der Waals surface area contributed by atoms with E-state index in [-0.39, 0.29) is 17.2 Å². The largest absolute Gasteiger partial charge is 0.481 e. The summed E-state index contributed by atoms with van der Waals surface area (Å²) in [7, 11) is -4.08. The first kappa shape index (κ1) is 22.9. The third kappa shape index (κ3) is 6.61. The summed E-state index contributed by atoms with van der Waals surface area (Å²) >= 11 is 0. The Hall–Kier alpha value is -2.75. The van der Waals surface area contributed by atoms with Crippen molar-refractivity contribution in [1.29, 1.82) is 0 Å². The van der Waals surface area contributed by atoms with E-state index in [2.05, 4.69) is 10.1 Å². The van der Waals surface area contributed by atoms with Gasteiger partial charge in [-0.1, -0.05) is 68.3 Å². The Morgan fingerprint density at radius 3 is 2.55 bits per heavy atom. The molecule has 0 saturated heterocycles. The molecule has 0 radical (unpaired) electrons. The van der Waals surface area contributed by atoms with Gasteiger partial charge in [-0.2, -0.15) is 4.98 Å². The van der Waals surface area contributed by atoms with Crippen LogP contribution in [0, 0.1) is 5.92 Å². The molecule has 0 bridgehead atoms. The fraction of sp³-hybridized carbons (Fsp3) is 0.524. The second-order valence-electron chi connectivity index (χ2n) is 7.93. The van der Waals surface area contributed by atoms with Gasteiger partial charge in [0.2, 0.25) is 5.89 Å². The summed E-state index contributed by atoms with van der Waals surface area (Å²) in [6, 6.07) is 7.44. The van der Waals surface area contributed by atoms with Crippen molar-refractivity contribution in [1.82, 2.24) is 14.9 Å². The number of hydrogen-bond donors (Lipinski definition) is 2. The summed E-state index contributed by atoms with van der Waals surface area (Å²) in [4.78, 5) is 27.5. The first-order chi connectivity index (χ1) is 14.8. The molecule has 1 saturated carbocycles. The summed E-state index contributed by atoms with van der Waals surface area (Å²) in [6.45, 7) is 0. The van der Waals surface area contributed by atoms with Crippen molar-refractivity contribution in [3.8, 4) is 0 Å². The second kappa shape index (κ2) is 10.5. The highest BCUT2D eigenvalue weighted by Gasteiger charge is 2.27. The number of amides is 1. The molecule has 10 heteroatoms. The van der Waals surface area contributed by atoms with Gasteiger partial charge in [0, 0.05) is 5.92 Å². The van der Waals surface area contributed by atoms with Crippen molar-refractivity contribution in [3.05, 3.63) is 42.0 Å². The van der Waals surface area contributed by atoms with Crippen LogP contribution in [-0.4, -0.2) is 35.5 Å². The molecule has 31 heavy (non-hydrogen) atoms. The lowest BCUT2D eigenvalue weighted by atomic mass is 9.84. The van der Waals surface area contributed by atoms with Crippen LogP contribution in [0.15, 0.2) is 39.8 Å². The molecule has 1 atom stereocenters. The molecule has 1 aromatic heterocycles. The van der Waals surface area contributed by atoms with Gasteiger partial charge in [-0.05, 0) is 24.5 Å². The van der Waals surface area contributed by atoms with E-state index in [1.165, 1.54) is 56.4 Å². The Kier molecular flexibility index (Phi) is 7.78. The molecule has 1 fully saturated rings. The number of carbonyl (C=O) groups is 2. The maximum atomic E-state index is 12.3. The van der Waals surface area contributed by atoms with Gasteiger partial charge in [0.25, 0.3) is 15.8 Å². The molecule has 1 aliphatic carbocycles. The van der Waals surface area contributed by atoms with E-state index >= 15 is 0 Å². The minimum absolute atomic E-state index is 0.0355. The second-order valence-corrected chi connectivity index (χ2v) is 9.62. The zero-order valence-corrected chi connectivity index (χ0v) is 18.0. The highest BCUT2D eigenvalue weighted by molar-refractivity contribution is 7.90. The van der Waals surface area contributed by atoms with E-state index < -0.39 is 33.6 Å². The van der Waals surface area contributed by atoms with Crippen LogP contribution in [-0.2, 0) is 14.8 Å². The lowest BCUT2D eigenvalue weighted by Gasteiger charge is -2.21. The number of sulfonamides is 1. The van der Waals surface area contributed by atoms with E-state index in [1.807, 2.05) is 4.72 Å². The molecule has 2 aromatic rings. The van der Waals surface area contributed by atoms with Gasteiger partial charge in [-0.25, -0.2) is 13.1 Å². The summed E-state index contributed by atoms with van der Waals surface area (Å²) < 4.78 is 31.6. The summed E-state index contributed by atoms with van der Waals surface area (Å²) in [5, 5.41) is 12.8. The number of aliphatic carboxylic acids is 1. The number of hydrogen-bond acceptors (Lipinski definition) is 7. The van der Waals surface area contributed by atoms with Gasteiger partial charge in [0.05, 0.1) is 11.3 Å². The molecule has 168 valence electrons. The van der Waals surface area contributed by atoms with Gasteiger partial charge in [-0.3, -0.25) is 9.59 Å². The van der Waals surface area contributed by atoms with Crippen molar-refractivity contribution in [2.45, 2.75) is 68.6 Å². The zero-order valence-electron chi connectivity index (χ0n) is 17.2. The molecular formula is C21H27N3O6S. The zero-order chi connectivity index (χ0) is 22.3. The van der Waals surface area contributed by atoms with Crippen LogP contribution < -0.4 is 4.72 Å². The van der Waals surface area contributed by atoms with E-state index in [9.17, 15) is 23.1 Å². The first-order valence-corrected chi connectivity index (χ1v) is 12.0. The number of carboxylic acids is 1. The minimum atomic E-state index is -4.08. The van der Waals surface area contributed by atoms with E-state index in [1.54, 1.807) is 6.07 Å². The third-order valence-corrected chi connectivity index (χ3v) is 6.93. The van der Waals surface area contributed by atoms with E-state index in [0.717, 1.165) is 12.8 Å². The molecule has 0 aliphatic heterocycles. The molecule has 3 rings (SSSR count). The topological polar surface area (TPSA) is 139 Å². The number of carbonyl (C=O) groups excluding carboxylic acids is 1. The predicted octanol–water partition coefficient (Wildman–Crippen LogP) is 3.50. The number of benzene rings is 1. The number of nitrogens with one attached hydrogen (secondary N) is 1. The fourth-order valence-electron chi connectivity index (χ4n) is 3.97. The number of aromatic nitrogens is 2. The van der Waals surface area contributed by atoms with Gasteiger partial charge >= 0.3 is 11.9 Å². The predicted molar refractivity (Wildman–Crippen MR) is 111 cm³/mol. The SMILES string of the molecule is O=C(O)C[C@H](CCCC1CCCCC1)c1nc(C(=O)NS(=O)(=O)c2ccccc2)no1. The van der Waals surface area contributed by atoms with Gasteiger partial charge in [0.1, 0.15) is 0 Å². The fourth-order valence-corrected chi connectivity index (χ4v) is 4.94. The highest BCUT2D eigenvalue weighted by atomic mass is 32.2. The van der Waals surface area contributed by atoms with Crippen LogP contribution in [0.1, 0.15) is 80.2 Å². The molecule has 0 spiro atoms. The standard InChI is InChI=1S/C21H27N3O6S/c25-18(26)14-16(11-7-10-15-8-3-1-4-9-15)21-22-19(23-30-21)20(27)24-31(28,29)17-12-5-2-6-13-17/h2,5-6,12-13,15-16H,1,3-4,7-11,14H2,(H,24,27)(H,25,26)/t16-/m0/s1. The quantitative estimate of drug-likeness (QED) is 0.562. The van der Waals surface area contributed by atoms with Crippen molar-refractivity contribution in [3.63, 3.8) is 0 Å². The highest BCUT2D eigenvalue weighted by Crippen LogP contribution is 2.31. The summed E-state index contributed by atoms with van der Waals surface area (Å²) in [6.07, 6.45) is 8.40. The monoisotopic (exact) mass is 449 g/mol. The Bertz CT molecular complexity index is 984. The van der Waals surface area contributed by atoms with Crippen LogP contribution in [0.25, 0.3) is 0 Å². The molecule has 9 nitrogen and oxygen atoms in total. The van der Waals surface area contributed by atoms with Crippen LogP contribution in [0.4, 0.5) is 0 Å². The molecule has 2 N–H and O–H groups in total. The molecule has 0 unspecified atom stereocenters. The van der Waals surface area contributed by atoms with Crippen molar-refractivity contribution in [2.75, 3.05) is 0 Å². The van der Waals surface area contributed by atoms with Crippen LogP contribution >= 0.6 is 0 Å². The Balaban J connectivity index is 1.63. The van der Waals surface area contributed by atoms with Crippen molar-refractivity contribution in [2.24, 2.45) is 5.92 Å². The first-order valence-electron chi connectivity index (χ1n) is 10.5. The van der Waals surface area contributed by atoms with Crippen molar-refractivity contribution < 1.29 is 27.6 Å². The smallest absolute Gasteiger partial charge is 0.306 e. The van der Waals surface area contributed by atoms with E-state index in [0.29, 0.717) is 12.3 Å². The lowest BCUT2D eigenvalue weighted by molar-refractivity contribution is -0.137. The number of rotatable bonds is 10. The van der Waals surface area contributed by atoms with Gasteiger partial charge in [0.15, 0.2) is 0 Å². The Morgan fingerprint density at radius 1 is 1.16 bits per heavy atom. The maximum absolute atomic E-state index is 12.3. The van der Waals surface area contributed by atoms with Crippen LogP contribution in [0.5, 0.6) is 0 Å².